The van der Waals surface area contributed by atoms with Gasteiger partial charge < -0.3 is 4.74 Å². The third-order valence-corrected chi connectivity index (χ3v) is 6.39. The first-order valence-electron chi connectivity index (χ1n) is 10.5. The van der Waals surface area contributed by atoms with Crippen molar-refractivity contribution in [3.63, 3.8) is 0 Å². The van der Waals surface area contributed by atoms with Gasteiger partial charge in [-0.2, -0.15) is 0 Å². The molecule has 0 radical (unpaired) electrons. The maximum atomic E-state index is 6.28. The van der Waals surface area contributed by atoms with Crippen molar-refractivity contribution in [1.29, 1.82) is 0 Å². The number of halogens is 1. The number of benzene rings is 2. The summed E-state index contributed by atoms with van der Waals surface area (Å²) in [6.07, 6.45) is 7.55. The summed E-state index contributed by atoms with van der Waals surface area (Å²) in [6, 6.07) is 21.0. The quantitative estimate of drug-likeness (QED) is 0.527. The van der Waals surface area contributed by atoms with E-state index in [0.717, 1.165) is 39.7 Å². The van der Waals surface area contributed by atoms with Crippen LogP contribution in [-0.4, -0.2) is 35.1 Å². The van der Waals surface area contributed by atoms with E-state index in [9.17, 15) is 0 Å². The highest BCUT2D eigenvalue weighted by atomic mass is 35.5. The van der Waals surface area contributed by atoms with Gasteiger partial charge in [-0.05, 0) is 67.4 Å². The van der Waals surface area contributed by atoms with Crippen LogP contribution in [0.3, 0.4) is 0 Å². The van der Waals surface area contributed by atoms with Crippen LogP contribution in [0.4, 0.5) is 0 Å². The molecule has 29 heavy (non-hydrogen) atoms. The number of hydrogen-bond donors (Lipinski definition) is 0. The van der Waals surface area contributed by atoms with Gasteiger partial charge in [0, 0.05) is 34.9 Å². The Morgan fingerprint density at radius 1 is 0.828 bits per heavy atom. The SMILES string of the molecule is Clc1ccc(-c2ccc(-c3ccc(O[C@@H]4CN5CCCCCC45)cc3)nc2)cc1. The molecule has 3 heterocycles. The van der Waals surface area contributed by atoms with Gasteiger partial charge in [0.1, 0.15) is 11.9 Å². The van der Waals surface area contributed by atoms with E-state index in [2.05, 4.69) is 46.3 Å². The Kier molecular flexibility index (Phi) is 5.26. The molecule has 1 unspecified atom stereocenters. The molecule has 2 atom stereocenters. The maximum absolute atomic E-state index is 6.28. The second-order valence-electron chi connectivity index (χ2n) is 8.03. The number of nitrogens with zero attached hydrogens (tertiary/aromatic N) is 2. The topological polar surface area (TPSA) is 25.4 Å². The fraction of sp³-hybridized carbons (Fsp3) is 0.320. The Morgan fingerprint density at radius 3 is 2.34 bits per heavy atom. The highest BCUT2D eigenvalue weighted by Gasteiger charge is 2.40. The molecular weight excluding hydrogens is 380 g/mol. The van der Waals surface area contributed by atoms with E-state index in [-0.39, 0.29) is 0 Å². The van der Waals surface area contributed by atoms with Gasteiger partial charge in [-0.15, -0.1) is 0 Å². The smallest absolute Gasteiger partial charge is 0.127 e. The molecule has 148 valence electrons. The van der Waals surface area contributed by atoms with Crippen molar-refractivity contribution < 1.29 is 4.74 Å². The zero-order valence-corrected chi connectivity index (χ0v) is 17.2. The van der Waals surface area contributed by atoms with Crippen molar-refractivity contribution in [2.75, 3.05) is 13.1 Å². The Labute approximate surface area is 177 Å². The summed E-state index contributed by atoms with van der Waals surface area (Å²) < 4.78 is 6.28. The zero-order chi connectivity index (χ0) is 19.6. The summed E-state index contributed by atoms with van der Waals surface area (Å²) >= 11 is 5.97. The number of aromatic nitrogens is 1. The molecule has 0 amide bonds. The normalized spacial score (nSPS) is 21.7. The highest BCUT2D eigenvalue weighted by molar-refractivity contribution is 6.30. The van der Waals surface area contributed by atoms with Crippen LogP contribution in [-0.2, 0) is 0 Å². The molecule has 0 aliphatic carbocycles. The molecule has 1 aromatic heterocycles. The minimum absolute atomic E-state index is 0.343. The Bertz CT molecular complexity index is 954. The van der Waals surface area contributed by atoms with Crippen LogP contribution >= 0.6 is 11.6 Å². The maximum Gasteiger partial charge on any atom is 0.127 e. The highest BCUT2D eigenvalue weighted by Crippen LogP contribution is 2.31. The number of rotatable bonds is 4. The summed E-state index contributed by atoms with van der Waals surface area (Å²) in [5.74, 6) is 0.959. The third kappa shape index (κ3) is 4.03. The molecule has 2 aliphatic rings. The molecule has 2 fully saturated rings. The lowest BCUT2D eigenvalue weighted by Gasteiger charge is -2.46. The lowest BCUT2D eigenvalue weighted by atomic mass is 9.95. The predicted octanol–water partition coefficient (Wildman–Crippen LogP) is 6.07. The molecule has 5 rings (SSSR count). The minimum atomic E-state index is 0.343. The number of ether oxygens (including phenoxy) is 1. The fourth-order valence-electron chi connectivity index (χ4n) is 4.43. The lowest BCUT2D eigenvalue weighted by Crippen LogP contribution is -2.61. The zero-order valence-electron chi connectivity index (χ0n) is 16.4. The molecule has 4 heteroatoms. The Hall–Kier alpha value is -2.36. The number of fused-ring (bicyclic) bond motifs is 1. The van der Waals surface area contributed by atoms with Gasteiger partial charge in [0.2, 0.25) is 0 Å². The van der Waals surface area contributed by atoms with Gasteiger partial charge in [0.05, 0.1) is 5.69 Å². The molecule has 3 nitrogen and oxygen atoms in total. The Balaban J connectivity index is 1.25. The van der Waals surface area contributed by atoms with Crippen LogP contribution in [0.1, 0.15) is 25.7 Å². The van der Waals surface area contributed by atoms with Crippen molar-refractivity contribution in [3.8, 4) is 28.1 Å². The van der Waals surface area contributed by atoms with E-state index in [1.807, 2.05) is 30.5 Å². The Morgan fingerprint density at radius 2 is 1.59 bits per heavy atom. The van der Waals surface area contributed by atoms with Crippen molar-refractivity contribution in [3.05, 3.63) is 71.9 Å². The molecule has 2 aliphatic heterocycles. The first-order valence-corrected chi connectivity index (χ1v) is 10.9. The lowest BCUT2D eigenvalue weighted by molar-refractivity contribution is -0.0434. The average molecular weight is 405 g/mol. The average Bonchev–Trinajstić information content (AvgIpc) is 2.94. The first kappa shape index (κ1) is 18.7. The molecule has 2 saturated heterocycles. The molecule has 3 aromatic rings. The van der Waals surface area contributed by atoms with E-state index < -0.39 is 0 Å². The summed E-state index contributed by atoms with van der Waals surface area (Å²) in [5, 5.41) is 0.745. The van der Waals surface area contributed by atoms with E-state index in [1.54, 1.807) is 0 Å². The van der Waals surface area contributed by atoms with Crippen LogP contribution in [0.2, 0.25) is 5.02 Å². The summed E-state index contributed by atoms with van der Waals surface area (Å²) in [6.45, 7) is 2.31. The molecular formula is C25H25ClN2O. The second kappa shape index (κ2) is 8.17. The van der Waals surface area contributed by atoms with E-state index in [0.29, 0.717) is 12.1 Å². The molecule has 2 aromatic carbocycles. The number of pyridine rings is 1. The monoisotopic (exact) mass is 404 g/mol. The summed E-state index contributed by atoms with van der Waals surface area (Å²) in [4.78, 5) is 7.23. The predicted molar refractivity (Wildman–Crippen MR) is 118 cm³/mol. The largest absolute Gasteiger partial charge is 0.487 e. The summed E-state index contributed by atoms with van der Waals surface area (Å²) in [7, 11) is 0. The van der Waals surface area contributed by atoms with Crippen LogP contribution in [0, 0.1) is 0 Å². The molecule has 0 N–H and O–H groups in total. The van der Waals surface area contributed by atoms with Crippen LogP contribution < -0.4 is 4.74 Å². The molecule has 0 bridgehead atoms. The molecule has 0 spiro atoms. The van der Waals surface area contributed by atoms with Gasteiger partial charge in [-0.25, -0.2) is 0 Å². The van der Waals surface area contributed by atoms with E-state index >= 15 is 0 Å². The summed E-state index contributed by atoms with van der Waals surface area (Å²) in [5.41, 5.74) is 4.27. The van der Waals surface area contributed by atoms with Gasteiger partial charge in [0.15, 0.2) is 0 Å². The van der Waals surface area contributed by atoms with Crippen LogP contribution in [0.25, 0.3) is 22.4 Å². The van der Waals surface area contributed by atoms with Gasteiger partial charge >= 0.3 is 0 Å². The second-order valence-corrected chi connectivity index (χ2v) is 8.47. The van der Waals surface area contributed by atoms with Crippen molar-refractivity contribution in [2.24, 2.45) is 0 Å². The standard InChI is InChI=1S/C25H25ClN2O/c26-21-10-5-18(6-11-21)20-9-14-23(27-16-20)19-7-12-22(13-8-19)29-25-17-28-15-3-1-2-4-24(25)28/h5-14,16,24-25H,1-4,15,17H2/t24?,25-/m1/s1. The number of hydrogen-bond acceptors (Lipinski definition) is 3. The van der Waals surface area contributed by atoms with Crippen LogP contribution in [0.15, 0.2) is 66.9 Å². The van der Waals surface area contributed by atoms with Gasteiger partial charge in [-0.1, -0.05) is 42.6 Å². The fourth-order valence-corrected chi connectivity index (χ4v) is 4.55. The van der Waals surface area contributed by atoms with Crippen molar-refractivity contribution in [2.45, 2.75) is 37.8 Å². The van der Waals surface area contributed by atoms with Crippen molar-refractivity contribution in [1.82, 2.24) is 9.88 Å². The van der Waals surface area contributed by atoms with Gasteiger partial charge in [-0.3, -0.25) is 9.88 Å². The van der Waals surface area contributed by atoms with E-state index in [1.165, 1.54) is 32.2 Å². The van der Waals surface area contributed by atoms with Crippen molar-refractivity contribution >= 4 is 11.6 Å². The first-order chi connectivity index (χ1) is 14.3. The molecule has 0 saturated carbocycles. The minimum Gasteiger partial charge on any atom is -0.487 e. The van der Waals surface area contributed by atoms with E-state index in [4.69, 9.17) is 16.3 Å². The van der Waals surface area contributed by atoms with Crippen LogP contribution in [0.5, 0.6) is 5.75 Å². The van der Waals surface area contributed by atoms with Gasteiger partial charge in [0.25, 0.3) is 0 Å². The third-order valence-electron chi connectivity index (χ3n) is 6.14.